The van der Waals surface area contributed by atoms with E-state index in [2.05, 4.69) is 45.9 Å². The van der Waals surface area contributed by atoms with Crippen molar-refractivity contribution in [2.75, 3.05) is 20.2 Å². The van der Waals surface area contributed by atoms with Crippen molar-refractivity contribution in [3.05, 3.63) is 59.9 Å². The third-order valence-corrected chi connectivity index (χ3v) is 5.09. The van der Waals surface area contributed by atoms with Gasteiger partial charge in [-0.3, -0.25) is 4.90 Å². The van der Waals surface area contributed by atoms with Gasteiger partial charge in [-0.1, -0.05) is 24.3 Å². The van der Waals surface area contributed by atoms with E-state index in [1.165, 1.54) is 29.7 Å². The fourth-order valence-corrected chi connectivity index (χ4v) is 3.66. The van der Waals surface area contributed by atoms with Gasteiger partial charge in [0, 0.05) is 13.1 Å². The van der Waals surface area contributed by atoms with Crippen LogP contribution in [0, 0.1) is 0 Å². The van der Waals surface area contributed by atoms with Crippen LogP contribution in [-0.2, 0) is 19.5 Å². The number of imidazole rings is 1. The number of fused-ring (bicyclic) bond motifs is 3. The maximum absolute atomic E-state index is 5.21. The molecule has 2 aromatic carbocycles. The highest BCUT2D eigenvalue weighted by atomic mass is 16.5. The molecule has 4 nitrogen and oxygen atoms in total. The van der Waals surface area contributed by atoms with Gasteiger partial charge in [-0.15, -0.1) is 0 Å². The molecule has 2 heterocycles. The summed E-state index contributed by atoms with van der Waals surface area (Å²) in [4.78, 5) is 7.34. The summed E-state index contributed by atoms with van der Waals surface area (Å²) in [7, 11) is 1.71. The fourth-order valence-electron chi connectivity index (χ4n) is 3.66. The molecular formula is C21H25N3O. The van der Waals surface area contributed by atoms with Gasteiger partial charge in [0.15, 0.2) is 0 Å². The lowest BCUT2D eigenvalue weighted by Crippen LogP contribution is -2.34. The normalized spacial score (nSPS) is 14.6. The topological polar surface area (TPSA) is 30.3 Å². The van der Waals surface area contributed by atoms with Gasteiger partial charge >= 0.3 is 0 Å². The molecule has 0 spiro atoms. The summed E-state index contributed by atoms with van der Waals surface area (Å²) >= 11 is 0. The predicted molar refractivity (Wildman–Crippen MR) is 101 cm³/mol. The number of ether oxygens (including phenoxy) is 1. The molecule has 0 N–H and O–H groups in total. The highest BCUT2D eigenvalue weighted by Crippen LogP contribution is 2.21. The molecule has 0 fully saturated rings. The molecule has 1 aliphatic rings. The standard InChI is InChI=1S/C21H25N3O/c1-25-18-11-9-17(10-12-18)6-4-5-13-23-14-15-24-20-8-3-2-7-19(20)22-21(24)16-23/h2-3,7-12H,4-6,13-16H2,1H3. The van der Waals surface area contributed by atoms with E-state index >= 15 is 0 Å². The molecule has 3 aromatic rings. The predicted octanol–water partition coefficient (Wildman–Crippen LogP) is 3.88. The van der Waals surface area contributed by atoms with Crippen molar-refractivity contribution in [2.24, 2.45) is 0 Å². The summed E-state index contributed by atoms with van der Waals surface area (Å²) in [5.74, 6) is 2.14. The number of benzene rings is 2. The molecule has 4 heteroatoms. The lowest BCUT2D eigenvalue weighted by Gasteiger charge is -2.27. The van der Waals surface area contributed by atoms with Gasteiger partial charge < -0.3 is 9.30 Å². The number of aromatic nitrogens is 2. The minimum absolute atomic E-state index is 0.931. The molecule has 0 saturated carbocycles. The first-order valence-corrected chi connectivity index (χ1v) is 9.13. The van der Waals surface area contributed by atoms with Crippen LogP contribution in [0.2, 0.25) is 0 Å². The van der Waals surface area contributed by atoms with E-state index in [0.717, 1.165) is 43.9 Å². The highest BCUT2D eigenvalue weighted by molar-refractivity contribution is 5.75. The van der Waals surface area contributed by atoms with E-state index in [4.69, 9.17) is 9.72 Å². The van der Waals surface area contributed by atoms with Crippen molar-refractivity contribution in [3.8, 4) is 5.75 Å². The van der Waals surface area contributed by atoms with E-state index in [1.807, 2.05) is 12.1 Å². The second kappa shape index (κ2) is 7.28. The van der Waals surface area contributed by atoms with E-state index in [0.29, 0.717) is 0 Å². The molecule has 0 saturated heterocycles. The molecule has 0 unspecified atom stereocenters. The third kappa shape index (κ3) is 3.54. The molecule has 0 aliphatic carbocycles. The smallest absolute Gasteiger partial charge is 0.124 e. The van der Waals surface area contributed by atoms with Crippen molar-refractivity contribution in [2.45, 2.75) is 32.4 Å². The Morgan fingerprint density at radius 1 is 1.00 bits per heavy atom. The molecular weight excluding hydrogens is 310 g/mol. The van der Waals surface area contributed by atoms with Crippen LogP contribution in [0.15, 0.2) is 48.5 Å². The lowest BCUT2D eigenvalue weighted by atomic mass is 10.1. The summed E-state index contributed by atoms with van der Waals surface area (Å²) in [6.45, 7) is 4.29. The zero-order valence-corrected chi connectivity index (χ0v) is 14.8. The number of hydrogen-bond acceptors (Lipinski definition) is 3. The first-order chi connectivity index (χ1) is 12.3. The van der Waals surface area contributed by atoms with E-state index in [9.17, 15) is 0 Å². The maximum Gasteiger partial charge on any atom is 0.124 e. The molecule has 0 bridgehead atoms. The van der Waals surface area contributed by atoms with Gasteiger partial charge in [0.25, 0.3) is 0 Å². The monoisotopic (exact) mass is 335 g/mol. The number of nitrogens with zero attached hydrogens (tertiary/aromatic N) is 3. The quantitative estimate of drug-likeness (QED) is 0.640. The van der Waals surface area contributed by atoms with Gasteiger partial charge in [-0.25, -0.2) is 4.98 Å². The number of rotatable bonds is 6. The van der Waals surface area contributed by atoms with Crippen LogP contribution in [0.4, 0.5) is 0 Å². The van der Waals surface area contributed by atoms with Crippen molar-refractivity contribution < 1.29 is 4.74 Å². The average molecular weight is 335 g/mol. The first-order valence-electron chi connectivity index (χ1n) is 9.13. The van der Waals surface area contributed by atoms with Gasteiger partial charge in [-0.2, -0.15) is 0 Å². The molecule has 0 atom stereocenters. The molecule has 0 radical (unpaired) electrons. The molecule has 1 aliphatic heterocycles. The number of hydrogen-bond donors (Lipinski definition) is 0. The first kappa shape index (κ1) is 16.2. The Kier molecular flexibility index (Phi) is 4.70. The van der Waals surface area contributed by atoms with E-state index in [-0.39, 0.29) is 0 Å². The second-order valence-electron chi connectivity index (χ2n) is 6.75. The molecule has 0 amide bonds. The summed E-state index contributed by atoms with van der Waals surface area (Å²) in [6.07, 6.45) is 3.59. The van der Waals surface area contributed by atoms with Crippen LogP contribution in [0.1, 0.15) is 24.2 Å². The van der Waals surface area contributed by atoms with Crippen molar-refractivity contribution in [1.29, 1.82) is 0 Å². The summed E-state index contributed by atoms with van der Waals surface area (Å²) < 4.78 is 7.59. The Labute approximate surface area is 149 Å². The van der Waals surface area contributed by atoms with Gasteiger partial charge in [0.1, 0.15) is 11.6 Å². The zero-order chi connectivity index (χ0) is 17.1. The van der Waals surface area contributed by atoms with Crippen LogP contribution >= 0.6 is 0 Å². The van der Waals surface area contributed by atoms with E-state index in [1.54, 1.807) is 7.11 Å². The average Bonchev–Trinajstić information content (AvgIpc) is 3.03. The van der Waals surface area contributed by atoms with E-state index < -0.39 is 0 Å². The minimum atomic E-state index is 0.931. The lowest BCUT2D eigenvalue weighted by molar-refractivity contribution is 0.215. The number of methoxy groups -OCH3 is 1. The zero-order valence-electron chi connectivity index (χ0n) is 14.8. The van der Waals surface area contributed by atoms with Crippen LogP contribution in [0.25, 0.3) is 11.0 Å². The van der Waals surface area contributed by atoms with Crippen LogP contribution in [0.5, 0.6) is 5.75 Å². The third-order valence-electron chi connectivity index (χ3n) is 5.09. The molecule has 130 valence electrons. The molecule has 1 aromatic heterocycles. The van der Waals surface area contributed by atoms with Crippen molar-refractivity contribution in [3.63, 3.8) is 0 Å². The van der Waals surface area contributed by atoms with Crippen LogP contribution in [-0.4, -0.2) is 34.7 Å². The number of para-hydroxylation sites is 2. The van der Waals surface area contributed by atoms with Gasteiger partial charge in [0.2, 0.25) is 0 Å². The number of unbranched alkanes of at least 4 members (excludes halogenated alkanes) is 1. The van der Waals surface area contributed by atoms with Crippen molar-refractivity contribution >= 4 is 11.0 Å². The van der Waals surface area contributed by atoms with Crippen LogP contribution in [0.3, 0.4) is 0 Å². The largest absolute Gasteiger partial charge is 0.497 e. The second-order valence-corrected chi connectivity index (χ2v) is 6.75. The Bertz CT molecular complexity index is 838. The summed E-state index contributed by atoms with van der Waals surface area (Å²) in [6, 6.07) is 16.9. The highest BCUT2D eigenvalue weighted by Gasteiger charge is 2.19. The Morgan fingerprint density at radius 3 is 2.68 bits per heavy atom. The minimum Gasteiger partial charge on any atom is -0.497 e. The summed E-state index contributed by atoms with van der Waals surface area (Å²) in [5.41, 5.74) is 3.79. The fraction of sp³-hybridized carbons (Fsp3) is 0.381. The van der Waals surface area contributed by atoms with Gasteiger partial charge in [0.05, 0.1) is 24.7 Å². The molecule has 25 heavy (non-hydrogen) atoms. The Morgan fingerprint density at radius 2 is 1.84 bits per heavy atom. The van der Waals surface area contributed by atoms with Crippen molar-refractivity contribution in [1.82, 2.24) is 14.5 Å². The SMILES string of the molecule is COc1ccc(CCCCN2CCn3c(nc4ccccc43)C2)cc1. The van der Waals surface area contributed by atoms with Crippen LogP contribution < -0.4 is 4.74 Å². The Hall–Kier alpha value is -2.33. The maximum atomic E-state index is 5.21. The molecule has 4 rings (SSSR count). The van der Waals surface area contributed by atoms with Gasteiger partial charge in [-0.05, 0) is 55.6 Å². The summed E-state index contributed by atoms with van der Waals surface area (Å²) in [5, 5.41) is 0. The Balaban J connectivity index is 1.28. The number of aryl methyl sites for hydroxylation is 1.